The van der Waals surface area contributed by atoms with E-state index in [1.807, 2.05) is 55.6 Å². The van der Waals surface area contributed by atoms with Crippen LogP contribution in [0.5, 0.6) is 0 Å². The van der Waals surface area contributed by atoms with Gasteiger partial charge in [-0.05, 0) is 48.0 Å². The lowest BCUT2D eigenvalue weighted by Gasteiger charge is -2.16. The summed E-state index contributed by atoms with van der Waals surface area (Å²) in [6, 6.07) is 20.0. The van der Waals surface area contributed by atoms with Gasteiger partial charge in [0, 0.05) is 30.1 Å². The highest BCUT2D eigenvalue weighted by molar-refractivity contribution is 7.99. The van der Waals surface area contributed by atoms with E-state index >= 15 is 0 Å². The normalized spacial score (nSPS) is 15.9. The van der Waals surface area contributed by atoms with Crippen LogP contribution in [0.2, 0.25) is 0 Å². The molecule has 1 unspecified atom stereocenters. The van der Waals surface area contributed by atoms with Crippen LogP contribution in [-0.4, -0.2) is 30.0 Å². The SMILES string of the molecule is CNC(=O)c1ccccc1Sc1ccc2c(c1)NN(C)C2/C=C/c1ccccn1. The number of hydrazine groups is 1. The van der Waals surface area contributed by atoms with E-state index in [0.717, 1.165) is 21.2 Å². The van der Waals surface area contributed by atoms with Gasteiger partial charge in [0.25, 0.3) is 5.91 Å². The van der Waals surface area contributed by atoms with Gasteiger partial charge in [0.1, 0.15) is 0 Å². The molecule has 1 aliphatic heterocycles. The molecular weight excluding hydrogens is 380 g/mol. The van der Waals surface area contributed by atoms with Crippen molar-refractivity contribution in [1.82, 2.24) is 15.3 Å². The zero-order chi connectivity index (χ0) is 20.2. The van der Waals surface area contributed by atoms with Crippen molar-refractivity contribution in [3.05, 3.63) is 89.8 Å². The summed E-state index contributed by atoms with van der Waals surface area (Å²) in [6.45, 7) is 0. The Bertz CT molecular complexity index is 1050. The van der Waals surface area contributed by atoms with Crippen molar-refractivity contribution >= 4 is 29.4 Å². The molecule has 0 fully saturated rings. The number of carbonyl (C=O) groups excluding carboxylic acids is 1. The van der Waals surface area contributed by atoms with Crippen molar-refractivity contribution in [2.75, 3.05) is 19.5 Å². The molecule has 2 aromatic carbocycles. The van der Waals surface area contributed by atoms with Gasteiger partial charge >= 0.3 is 0 Å². The van der Waals surface area contributed by atoms with E-state index in [9.17, 15) is 4.79 Å². The van der Waals surface area contributed by atoms with Crippen LogP contribution in [0.1, 0.15) is 27.7 Å². The first-order valence-electron chi connectivity index (χ1n) is 9.37. The smallest absolute Gasteiger partial charge is 0.252 e. The summed E-state index contributed by atoms with van der Waals surface area (Å²) in [4.78, 5) is 18.5. The summed E-state index contributed by atoms with van der Waals surface area (Å²) in [6.07, 6.45) is 5.99. The Morgan fingerprint density at radius 2 is 2.00 bits per heavy atom. The van der Waals surface area contributed by atoms with Gasteiger partial charge in [0.15, 0.2) is 0 Å². The molecule has 6 heteroatoms. The number of pyridine rings is 1. The minimum atomic E-state index is -0.0770. The standard InChI is InChI=1S/C23H22N4OS/c1-24-23(28)19-8-3-4-9-22(19)29-17-11-12-18-20(15-17)26-27(2)21(18)13-10-16-7-5-6-14-25-16/h3-15,21,26H,1-2H3,(H,24,28)/b13-10+. The number of rotatable bonds is 5. The minimum absolute atomic E-state index is 0.0770. The number of hydrogen-bond donors (Lipinski definition) is 2. The molecule has 146 valence electrons. The van der Waals surface area contributed by atoms with Crippen molar-refractivity contribution < 1.29 is 4.79 Å². The topological polar surface area (TPSA) is 57.3 Å². The second-order valence-electron chi connectivity index (χ2n) is 6.71. The van der Waals surface area contributed by atoms with Crippen LogP contribution >= 0.6 is 11.8 Å². The maximum atomic E-state index is 12.1. The molecule has 1 atom stereocenters. The number of benzene rings is 2. The van der Waals surface area contributed by atoms with E-state index in [0.29, 0.717) is 5.56 Å². The number of likely N-dealkylation sites (N-methyl/N-ethyl adjacent to an activating group) is 1. The zero-order valence-corrected chi connectivity index (χ0v) is 17.1. The zero-order valence-electron chi connectivity index (χ0n) is 16.3. The Labute approximate surface area is 174 Å². The molecule has 2 N–H and O–H groups in total. The summed E-state index contributed by atoms with van der Waals surface area (Å²) < 4.78 is 0. The molecule has 3 aromatic rings. The first kappa shape index (κ1) is 19.2. The molecule has 0 bridgehead atoms. The molecule has 0 aliphatic carbocycles. The van der Waals surface area contributed by atoms with Gasteiger partial charge in [0.05, 0.1) is 23.0 Å². The Hall–Kier alpha value is -3.09. The van der Waals surface area contributed by atoms with Gasteiger partial charge in [-0.15, -0.1) is 0 Å². The monoisotopic (exact) mass is 402 g/mol. The predicted molar refractivity (Wildman–Crippen MR) is 118 cm³/mol. The van der Waals surface area contributed by atoms with Gasteiger partial charge < -0.3 is 10.7 Å². The molecule has 5 nitrogen and oxygen atoms in total. The van der Waals surface area contributed by atoms with E-state index in [1.165, 1.54) is 5.56 Å². The number of anilines is 1. The Balaban J connectivity index is 1.57. The number of nitrogens with one attached hydrogen (secondary N) is 2. The largest absolute Gasteiger partial charge is 0.355 e. The van der Waals surface area contributed by atoms with Crippen LogP contribution in [0.15, 0.2) is 82.7 Å². The number of hydrogen-bond acceptors (Lipinski definition) is 5. The van der Waals surface area contributed by atoms with Crippen LogP contribution in [-0.2, 0) is 0 Å². The quantitative estimate of drug-likeness (QED) is 0.652. The molecule has 1 aromatic heterocycles. The molecule has 0 radical (unpaired) electrons. The van der Waals surface area contributed by atoms with E-state index < -0.39 is 0 Å². The highest BCUT2D eigenvalue weighted by Gasteiger charge is 2.25. The number of amides is 1. The van der Waals surface area contributed by atoms with E-state index in [1.54, 1.807) is 25.0 Å². The molecule has 4 rings (SSSR count). The molecular formula is C23H22N4OS. The van der Waals surface area contributed by atoms with Crippen molar-refractivity contribution in [2.45, 2.75) is 15.8 Å². The lowest BCUT2D eigenvalue weighted by molar-refractivity contribution is 0.0960. The minimum Gasteiger partial charge on any atom is -0.355 e. The maximum Gasteiger partial charge on any atom is 0.252 e. The number of nitrogens with zero attached hydrogens (tertiary/aromatic N) is 2. The molecule has 1 aliphatic rings. The lowest BCUT2D eigenvalue weighted by atomic mass is 10.1. The molecule has 0 spiro atoms. The molecule has 0 saturated heterocycles. The first-order valence-corrected chi connectivity index (χ1v) is 10.2. The summed E-state index contributed by atoms with van der Waals surface area (Å²) in [7, 11) is 3.68. The highest BCUT2D eigenvalue weighted by atomic mass is 32.2. The molecule has 2 heterocycles. The maximum absolute atomic E-state index is 12.1. The number of carbonyl (C=O) groups is 1. The second kappa shape index (κ2) is 8.51. The third kappa shape index (κ3) is 4.18. The number of aromatic nitrogens is 1. The fraction of sp³-hybridized carbons (Fsp3) is 0.130. The van der Waals surface area contributed by atoms with Crippen molar-refractivity contribution in [3.63, 3.8) is 0 Å². The van der Waals surface area contributed by atoms with E-state index in [-0.39, 0.29) is 11.9 Å². The highest BCUT2D eigenvalue weighted by Crippen LogP contribution is 2.39. The van der Waals surface area contributed by atoms with Gasteiger partial charge in [-0.25, -0.2) is 5.01 Å². The Morgan fingerprint density at radius 1 is 1.17 bits per heavy atom. The lowest BCUT2D eigenvalue weighted by Crippen LogP contribution is -2.21. The third-order valence-corrected chi connectivity index (χ3v) is 5.85. The van der Waals surface area contributed by atoms with Crippen LogP contribution < -0.4 is 10.7 Å². The second-order valence-corrected chi connectivity index (χ2v) is 7.82. The Morgan fingerprint density at radius 3 is 2.79 bits per heavy atom. The summed E-state index contributed by atoms with van der Waals surface area (Å²) in [5.74, 6) is -0.0770. The first-order chi connectivity index (χ1) is 14.2. The van der Waals surface area contributed by atoms with Crippen molar-refractivity contribution in [3.8, 4) is 0 Å². The van der Waals surface area contributed by atoms with Gasteiger partial charge in [-0.3, -0.25) is 9.78 Å². The summed E-state index contributed by atoms with van der Waals surface area (Å²) in [5, 5.41) is 4.78. The number of fused-ring (bicyclic) bond motifs is 1. The van der Waals surface area contributed by atoms with Crippen LogP contribution in [0.3, 0.4) is 0 Å². The van der Waals surface area contributed by atoms with Crippen LogP contribution in [0, 0.1) is 0 Å². The average Bonchev–Trinajstić information content (AvgIpc) is 3.07. The Kier molecular flexibility index (Phi) is 5.64. The van der Waals surface area contributed by atoms with Crippen molar-refractivity contribution in [1.29, 1.82) is 0 Å². The van der Waals surface area contributed by atoms with Gasteiger partial charge in [-0.1, -0.05) is 42.1 Å². The predicted octanol–water partition coefficient (Wildman–Crippen LogP) is 4.62. The van der Waals surface area contributed by atoms with Crippen LogP contribution in [0.25, 0.3) is 6.08 Å². The van der Waals surface area contributed by atoms with E-state index in [4.69, 9.17) is 0 Å². The summed E-state index contributed by atoms with van der Waals surface area (Å²) >= 11 is 1.59. The fourth-order valence-corrected chi connectivity index (χ4v) is 4.31. The molecule has 29 heavy (non-hydrogen) atoms. The van der Waals surface area contributed by atoms with Gasteiger partial charge in [-0.2, -0.15) is 0 Å². The summed E-state index contributed by atoms with van der Waals surface area (Å²) in [5.41, 5.74) is 7.33. The van der Waals surface area contributed by atoms with Gasteiger partial charge in [0.2, 0.25) is 0 Å². The van der Waals surface area contributed by atoms with Crippen LogP contribution in [0.4, 0.5) is 5.69 Å². The average molecular weight is 403 g/mol. The van der Waals surface area contributed by atoms with E-state index in [2.05, 4.69) is 45.0 Å². The molecule has 0 saturated carbocycles. The third-order valence-electron chi connectivity index (χ3n) is 4.78. The van der Waals surface area contributed by atoms with Crippen molar-refractivity contribution in [2.24, 2.45) is 0 Å². The fourth-order valence-electron chi connectivity index (χ4n) is 3.32. The molecule has 1 amide bonds.